The molecule has 1 N–H and O–H groups in total. The molecule has 0 saturated carbocycles. The average molecular weight is 216 g/mol. The van der Waals surface area contributed by atoms with Crippen LogP contribution in [0.15, 0.2) is 0 Å². The first kappa shape index (κ1) is 13.7. The van der Waals surface area contributed by atoms with E-state index in [0.29, 0.717) is 12.0 Å². The van der Waals surface area contributed by atoms with Crippen LogP contribution in [0.2, 0.25) is 0 Å². The molecule has 14 heavy (non-hydrogen) atoms. The van der Waals surface area contributed by atoms with Gasteiger partial charge in [-0.3, -0.25) is 0 Å². The number of nitrogens with zero attached hydrogens (tertiary/aromatic N) is 1. The van der Waals surface area contributed by atoms with Gasteiger partial charge in [0.2, 0.25) is 0 Å². The smallest absolute Gasteiger partial charge is 0.168 e. The maximum atomic E-state index is 5.30. The fraction of sp³-hybridized carbons (Fsp3) is 0.909. The van der Waals surface area contributed by atoms with Crippen molar-refractivity contribution in [3.63, 3.8) is 0 Å². The second-order valence-corrected chi connectivity index (χ2v) is 4.57. The highest BCUT2D eigenvalue weighted by Crippen LogP contribution is 2.07. The molecule has 0 heterocycles. The molecule has 0 amide bonds. The summed E-state index contributed by atoms with van der Waals surface area (Å²) in [6.07, 6.45) is 2.39. The molecule has 0 rings (SSSR count). The summed E-state index contributed by atoms with van der Waals surface area (Å²) in [6, 6.07) is 0.497. The van der Waals surface area contributed by atoms with Gasteiger partial charge in [-0.05, 0) is 31.5 Å². The molecule has 0 aliphatic heterocycles. The third-order valence-corrected chi connectivity index (χ3v) is 3.13. The molecular weight excluding hydrogens is 192 g/mol. The highest BCUT2D eigenvalue weighted by molar-refractivity contribution is 7.80. The molecule has 0 saturated heterocycles. The van der Waals surface area contributed by atoms with Crippen LogP contribution in [0.3, 0.4) is 0 Å². The Morgan fingerprint density at radius 1 is 1.36 bits per heavy atom. The second kappa shape index (κ2) is 7.04. The SMILES string of the molecule is CCCCNC(=S)N(C)C(C)C(C)C. The van der Waals surface area contributed by atoms with E-state index in [0.717, 1.165) is 11.7 Å². The van der Waals surface area contributed by atoms with Gasteiger partial charge in [-0.15, -0.1) is 0 Å². The lowest BCUT2D eigenvalue weighted by Crippen LogP contribution is -2.44. The van der Waals surface area contributed by atoms with Crippen molar-refractivity contribution in [1.82, 2.24) is 10.2 Å². The first-order chi connectivity index (χ1) is 6.50. The Bertz CT molecular complexity index is 169. The van der Waals surface area contributed by atoms with E-state index >= 15 is 0 Å². The summed E-state index contributed by atoms with van der Waals surface area (Å²) in [7, 11) is 2.06. The van der Waals surface area contributed by atoms with Crippen LogP contribution >= 0.6 is 12.2 Å². The van der Waals surface area contributed by atoms with E-state index in [1.165, 1.54) is 12.8 Å². The molecule has 0 aliphatic carbocycles. The van der Waals surface area contributed by atoms with Gasteiger partial charge in [0.1, 0.15) is 0 Å². The van der Waals surface area contributed by atoms with Gasteiger partial charge in [-0.1, -0.05) is 27.2 Å². The van der Waals surface area contributed by atoms with Gasteiger partial charge >= 0.3 is 0 Å². The Morgan fingerprint density at radius 2 is 1.93 bits per heavy atom. The van der Waals surface area contributed by atoms with Crippen molar-refractivity contribution in [3.8, 4) is 0 Å². The molecule has 84 valence electrons. The standard InChI is InChI=1S/C11H24N2S/c1-6-7-8-12-11(14)13(5)10(4)9(2)3/h9-10H,6-8H2,1-5H3,(H,12,14). The molecule has 0 radical (unpaired) electrons. The van der Waals surface area contributed by atoms with Crippen LogP contribution in [0.25, 0.3) is 0 Å². The average Bonchev–Trinajstić information content (AvgIpc) is 2.15. The van der Waals surface area contributed by atoms with E-state index in [4.69, 9.17) is 12.2 Å². The van der Waals surface area contributed by atoms with Gasteiger partial charge in [-0.25, -0.2) is 0 Å². The molecule has 0 bridgehead atoms. The maximum absolute atomic E-state index is 5.30. The molecule has 1 atom stereocenters. The minimum atomic E-state index is 0.497. The molecule has 3 heteroatoms. The largest absolute Gasteiger partial charge is 0.363 e. The third-order valence-electron chi connectivity index (χ3n) is 2.70. The molecule has 0 aromatic heterocycles. The van der Waals surface area contributed by atoms with Crippen molar-refractivity contribution >= 4 is 17.3 Å². The molecule has 0 spiro atoms. The van der Waals surface area contributed by atoms with Gasteiger partial charge < -0.3 is 10.2 Å². The van der Waals surface area contributed by atoms with E-state index in [1.807, 2.05) is 0 Å². The number of thiocarbonyl (C=S) groups is 1. The van der Waals surface area contributed by atoms with E-state index in [-0.39, 0.29) is 0 Å². The minimum absolute atomic E-state index is 0.497. The van der Waals surface area contributed by atoms with Gasteiger partial charge in [0.05, 0.1) is 0 Å². The fourth-order valence-electron chi connectivity index (χ4n) is 1.13. The third kappa shape index (κ3) is 4.80. The number of rotatable bonds is 5. The zero-order chi connectivity index (χ0) is 11.1. The van der Waals surface area contributed by atoms with Gasteiger partial charge in [-0.2, -0.15) is 0 Å². The lowest BCUT2D eigenvalue weighted by Gasteiger charge is -2.30. The van der Waals surface area contributed by atoms with E-state index in [1.54, 1.807) is 0 Å². The van der Waals surface area contributed by atoms with Crippen molar-refractivity contribution < 1.29 is 0 Å². The topological polar surface area (TPSA) is 15.3 Å². The van der Waals surface area contributed by atoms with Crippen LogP contribution in [0, 0.1) is 5.92 Å². The first-order valence-electron chi connectivity index (χ1n) is 5.51. The molecule has 0 aromatic rings. The molecule has 0 aromatic carbocycles. The summed E-state index contributed by atoms with van der Waals surface area (Å²) in [5, 5.41) is 4.15. The van der Waals surface area contributed by atoms with Crippen LogP contribution in [0.5, 0.6) is 0 Å². The zero-order valence-corrected chi connectivity index (χ0v) is 10.9. The summed E-state index contributed by atoms with van der Waals surface area (Å²) in [5.74, 6) is 0.630. The summed E-state index contributed by atoms with van der Waals surface area (Å²) in [5.41, 5.74) is 0. The predicted octanol–water partition coefficient (Wildman–Crippen LogP) is 2.64. The number of unbranched alkanes of at least 4 members (excludes halogenated alkanes) is 1. The first-order valence-corrected chi connectivity index (χ1v) is 5.92. The Labute approximate surface area is 94.1 Å². The highest BCUT2D eigenvalue weighted by atomic mass is 32.1. The zero-order valence-electron chi connectivity index (χ0n) is 10.1. The van der Waals surface area contributed by atoms with Crippen LogP contribution in [0.1, 0.15) is 40.5 Å². The van der Waals surface area contributed by atoms with Crippen LogP contribution in [0.4, 0.5) is 0 Å². The Balaban J connectivity index is 3.86. The summed E-state index contributed by atoms with van der Waals surface area (Å²) >= 11 is 5.30. The quantitative estimate of drug-likeness (QED) is 0.562. The van der Waals surface area contributed by atoms with Crippen molar-refractivity contribution in [3.05, 3.63) is 0 Å². The Morgan fingerprint density at radius 3 is 2.36 bits per heavy atom. The lowest BCUT2D eigenvalue weighted by atomic mass is 10.1. The van der Waals surface area contributed by atoms with E-state index < -0.39 is 0 Å². The van der Waals surface area contributed by atoms with Crippen molar-refractivity contribution in [1.29, 1.82) is 0 Å². The van der Waals surface area contributed by atoms with Gasteiger partial charge in [0, 0.05) is 19.6 Å². The summed E-state index contributed by atoms with van der Waals surface area (Å²) < 4.78 is 0. The van der Waals surface area contributed by atoms with Crippen LogP contribution < -0.4 is 5.32 Å². The molecular formula is C11H24N2S. The number of hydrogen-bond donors (Lipinski definition) is 1. The van der Waals surface area contributed by atoms with Gasteiger partial charge in [0.15, 0.2) is 5.11 Å². The molecule has 1 unspecified atom stereocenters. The summed E-state index contributed by atoms with van der Waals surface area (Å²) in [4.78, 5) is 2.15. The molecule has 0 aliphatic rings. The fourth-order valence-corrected chi connectivity index (χ4v) is 1.40. The molecule has 2 nitrogen and oxygen atoms in total. The van der Waals surface area contributed by atoms with Gasteiger partial charge in [0.25, 0.3) is 0 Å². The van der Waals surface area contributed by atoms with Crippen LogP contribution in [-0.2, 0) is 0 Å². The predicted molar refractivity (Wildman–Crippen MR) is 67.6 cm³/mol. The monoisotopic (exact) mass is 216 g/mol. The Kier molecular flexibility index (Phi) is 6.89. The maximum Gasteiger partial charge on any atom is 0.168 e. The van der Waals surface area contributed by atoms with Crippen molar-refractivity contribution in [2.75, 3.05) is 13.6 Å². The van der Waals surface area contributed by atoms with Crippen molar-refractivity contribution in [2.24, 2.45) is 5.92 Å². The molecule has 0 fully saturated rings. The second-order valence-electron chi connectivity index (χ2n) is 4.18. The lowest BCUT2D eigenvalue weighted by molar-refractivity contribution is 0.305. The number of nitrogens with one attached hydrogen (secondary N) is 1. The Hall–Kier alpha value is -0.310. The normalized spacial score (nSPS) is 12.7. The van der Waals surface area contributed by atoms with Crippen LogP contribution in [-0.4, -0.2) is 29.6 Å². The highest BCUT2D eigenvalue weighted by Gasteiger charge is 2.14. The number of hydrogen-bond acceptors (Lipinski definition) is 1. The van der Waals surface area contributed by atoms with E-state index in [9.17, 15) is 0 Å². The summed E-state index contributed by atoms with van der Waals surface area (Å²) in [6.45, 7) is 9.82. The minimum Gasteiger partial charge on any atom is -0.363 e. The van der Waals surface area contributed by atoms with Crippen molar-refractivity contribution in [2.45, 2.75) is 46.6 Å². The van der Waals surface area contributed by atoms with E-state index in [2.05, 4.69) is 45.0 Å².